The lowest BCUT2D eigenvalue weighted by Crippen LogP contribution is -2.47. The number of esters is 1. The monoisotopic (exact) mass is 780 g/mol. The molecule has 8 nitrogen and oxygen atoms in total. The predicted molar refractivity (Wildman–Crippen MR) is 182 cm³/mol. The van der Waals surface area contributed by atoms with Crippen LogP contribution in [0.1, 0.15) is 71.7 Å². The van der Waals surface area contributed by atoms with Crippen molar-refractivity contribution in [1.29, 1.82) is 0 Å². The summed E-state index contributed by atoms with van der Waals surface area (Å²) < 4.78 is 138. The molecule has 292 valence electrons. The zero-order valence-electron chi connectivity index (χ0n) is 29.1. The van der Waals surface area contributed by atoms with E-state index in [0.717, 1.165) is 42.2 Å². The number of nitrogens with one attached hydrogen (secondary N) is 1. The standard InChI is InChI=1S/C38H33F9N4O4/c1-3-27-17-30(28-15-25(36(39,40)41)11-12-31(28)51(27)35(53)54-4-2)48-20-24-14-26(37(42,43)44)16-29(38(45,46)47)33(24)34-49-18-23(19-50-34)10-13-32(52)55-21-22-8-6-5-7-9-22/h5-16,18-19,27,30,48H,3-4,17,20-21H2,1-2H3/b13-10+/t27-,30+/m1/s1. The van der Waals surface area contributed by atoms with E-state index in [2.05, 4.69) is 15.3 Å². The van der Waals surface area contributed by atoms with E-state index in [0.29, 0.717) is 6.07 Å². The molecule has 1 aromatic heterocycles. The fraction of sp³-hybridized carbons (Fsp3) is 0.316. The van der Waals surface area contributed by atoms with Crippen molar-refractivity contribution in [3.63, 3.8) is 0 Å². The minimum Gasteiger partial charge on any atom is -0.458 e. The number of aromatic nitrogens is 2. The number of alkyl halides is 9. The summed E-state index contributed by atoms with van der Waals surface area (Å²) in [6.07, 6.45) is -11.6. The van der Waals surface area contributed by atoms with Gasteiger partial charge in [-0.05, 0) is 72.9 Å². The Morgan fingerprint density at radius 2 is 1.53 bits per heavy atom. The van der Waals surface area contributed by atoms with Crippen LogP contribution in [0.4, 0.5) is 50.0 Å². The number of nitrogens with zero attached hydrogens (tertiary/aromatic N) is 3. The predicted octanol–water partition coefficient (Wildman–Crippen LogP) is 9.93. The average molecular weight is 781 g/mol. The zero-order chi connectivity index (χ0) is 40.1. The van der Waals surface area contributed by atoms with Gasteiger partial charge in [-0.15, -0.1) is 0 Å². The van der Waals surface area contributed by atoms with E-state index < -0.39 is 82.9 Å². The van der Waals surface area contributed by atoms with Crippen molar-refractivity contribution in [1.82, 2.24) is 15.3 Å². The minimum atomic E-state index is -5.33. The Morgan fingerprint density at radius 3 is 2.13 bits per heavy atom. The number of benzene rings is 3. The van der Waals surface area contributed by atoms with Crippen molar-refractivity contribution in [3.8, 4) is 11.4 Å². The van der Waals surface area contributed by atoms with Gasteiger partial charge in [0.05, 0.1) is 29.0 Å². The summed E-state index contributed by atoms with van der Waals surface area (Å²) in [5.41, 5.74) is -4.91. The highest BCUT2D eigenvalue weighted by molar-refractivity contribution is 5.90. The molecule has 1 amide bonds. The summed E-state index contributed by atoms with van der Waals surface area (Å²) in [5.74, 6) is -1.35. The second-order valence-corrected chi connectivity index (χ2v) is 12.4. The average Bonchev–Trinajstić information content (AvgIpc) is 3.14. The Labute approximate surface area is 309 Å². The van der Waals surface area contributed by atoms with Crippen molar-refractivity contribution in [2.75, 3.05) is 11.5 Å². The first-order chi connectivity index (χ1) is 25.9. The van der Waals surface area contributed by atoms with Gasteiger partial charge >= 0.3 is 30.6 Å². The Balaban J connectivity index is 1.52. The molecule has 0 aliphatic carbocycles. The second-order valence-electron chi connectivity index (χ2n) is 12.4. The number of hydrogen-bond donors (Lipinski definition) is 1. The number of amides is 1. The molecule has 2 heterocycles. The third kappa shape index (κ3) is 9.81. The summed E-state index contributed by atoms with van der Waals surface area (Å²) in [7, 11) is 0. The third-order valence-corrected chi connectivity index (χ3v) is 8.72. The molecule has 5 rings (SSSR count). The van der Waals surface area contributed by atoms with Crippen molar-refractivity contribution in [2.24, 2.45) is 0 Å². The molecule has 0 bridgehead atoms. The van der Waals surface area contributed by atoms with Crippen LogP contribution in [0, 0.1) is 0 Å². The third-order valence-electron chi connectivity index (χ3n) is 8.72. The van der Waals surface area contributed by atoms with Gasteiger partial charge in [0.2, 0.25) is 0 Å². The second kappa shape index (κ2) is 16.5. The fourth-order valence-electron chi connectivity index (χ4n) is 6.13. The molecular weight excluding hydrogens is 747 g/mol. The van der Waals surface area contributed by atoms with Crippen LogP contribution in [-0.2, 0) is 45.9 Å². The Kier molecular flexibility index (Phi) is 12.2. The Morgan fingerprint density at radius 1 is 0.855 bits per heavy atom. The maximum Gasteiger partial charge on any atom is 0.417 e. The number of fused-ring (bicyclic) bond motifs is 1. The van der Waals surface area contributed by atoms with Crippen molar-refractivity contribution in [2.45, 2.75) is 70.5 Å². The molecule has 0 unspecified atom stereocenters. The van der Waals surface area contributed by atoms with Gasteiger partial charge < -0.3 is 14.8 Å². The SMILES string of the molecule is CCOC(=O)N1c2ccc(C(F)(F)F)cc2[C@@H](NCc2cc(C(F)(F)F)cc(C(F)(F)F)c2-c2ncc(/C=C/C(=O)OCc3ccccc3)cn2)C[C@H]1CC. The molecule has 0 saturated carbocycles. The van der Waals surface area contributed by atoms with Gasteiger partial charge in [0, 0.05) is 48.2 Å². The quantitative estimate of drug-likeness (QED) is 0.0973. The van der Waals surface area contributed by atoms with Crippen molar-refractivity contribution >= 4 is 23.8 Å². The highest BCUT2D eigenvalue weighted by atomic mass is 19.4. The summed E-state index contributed by atoms with van der Waals surface area (Å²) >= 11 is 0. The van der Waals surface area contributed by atoms with E-state index in [9.17, 15) is 49.1 Å². The summed E-state index contributed by atoms with van der Waals surface area (Å²) in [5, 5.41) is 2.86. The molecule has 1 aliphatic rings. The molecule has 2 atom stereocenters. The molecule has 55 heavy (non-hydrogen) atoms. The van der Waals surface area contributed by atoms with E-state index in [1.54, 1.807) is 44.2 Å². The highest BCUT2D eigenvalue weighted by Crippen LogP contribution is 2.45. The van der Waals surface area contributed by atoms with E-state index >= 15 is 0 Å². The van der Waals surface area contributed by atoms with E-state index in [4.69, 9.17) is 9.47 Å². The topological polar surface area (TPSA) is 93.7 Å². The van der Waals surface area contributed by atoms with Crippen LogP contribution in [0.25, 0.3) is 17.5 Å². The van der Waals surface area contributed by atoms with Gasteiger partial charge in [-0.25, -0.2) is 19.6 Å². The zero-order valence-corrected chi connectivity index (χ0v) is 29.1. The van der Waals surface area contributed by atoms with E-state index in [-0.39, 0.29) is 48.9 Å². The van der Waals surface area contributed by atoms with Gasteiger partial charge in [0.25, 0.3) is 0 Å². The maximum absolute atomic E-state index is 14.5. The van der Waals surface area contributed by atoms with Gasteiger partial charge in [-0.1, -0.05) is 37.3 Å². The summed E-state index contributed by atoms with van der Waals surface area (Å²) in [6, 6.07) is 10.1. The van der Waals surface area contributed by atoms with Gasteiger partial charge in [0.1, 0.15) is 6.61 Å². The van der Waals surface area contributed by atoms with Crippen LogP contribution in [0.15, 0.2) is 79.1 Å². The number of carbonyl (C=O) groups excluding carboxylic acids is 2. The van der Waals surface area contributed by atoms with E-state index in [1.165, 1.54) is 11.0 Å². The molecule has 1 aliphatic heterocycles. The first kappa shape index (κ1) is 40.7. The molecule has 0 fully saturated rings. The molecule has 17 heteroatoms. The molecular formula is C38H33F9N4O4. The van der Waals surface area contributed by atoms with Crippen LogP contribution in [0.5, 0.6) is 0 Å². The van der Waals surface area contributed by atoms with Crippen molar-refractivity contribution in [3.05, 3.63) is 118 Å². The number of halogens is 9. The molecule has 0 spiro atoms. The van der Waals surface area contributed by atoms with Gasteiger partial charge in [-0.2, -0.15) is 39.5 Å². The highest BCUT2D eigenvalue weighted by Gasteiger charge is 2.42. The van der Waals surface area contributed by atoms with Crippen LogP contribution in [0.2, 0.25) is 0 Å². The number of carbonyl (C=O) groups is 2. The number of hydrogen-bond acceptors (Lipinski definition) is 7. The van der Waals surface area contributed by atoms with Gasteiger partial charge in [0.15, 0.2) is 5.82 Å². The van der Waals surface area contributed by atoms with E-state index in [1.807, 2.05) is 0 Å². The van der Waals surface area contributed by atoms with Crippen LogP contribution in [-0.4, -0.2) is 34.7 Å². The largest absolute Gasteiger partial charge is 0.458 e. The smallest absolute Gasteiger partial charge is 0.417 e. The Hall–Kier alpha value is -5.45. The molecule has 0 radical (unpaired) electrons. The summed E-state index contributed by atoms with van der Waals surface area (Å²) in [6.45, 7) is 2.47. The van der Waals surface area contributed by atoms with Crippen LogP contribution < -0.4 is 10.2 Å². The molecule has 1 N–H and O–H groups in total. The molecule has 4 aromatic rings. The molecule has 0 saturated heterocycles. The fourth-order valence-corrected chi connectivity index (χ4v) is 6.13. The normalized spacial score (nSPS) is 16.2. The minimum absolute atomic E-state index is 0.0247. The van der Waals surface area contributed by atoms with Crippen LogP contribution in [0.3, 0.4) is 0 Å². The lowest BCUT2D eigenvalue weighted by atomic mass is 9.88. The maximum atomic E-state index is 14.5. The van der Waals surface area contributed by atoms with Crippen LogP contribution >= 0.6 is 0 Å². The van der Waals surface area contributed by atoms with Gasteiger partial charge in [-0.3, -0.25) is 4.90 Å². The first-order valence-electron chi connectivity index (χ1n) is 16.8. The first-order valence-corrected chi connectivity index (χ1v) is 16.8. The summed E-state index contributed by atoms with van der Waals surface area (Å²) in [4.78, 5) is 34.3. The Bertz CT molecular complexity index is 2020. The number of ether oxygens (including phenoxy) is 2. The van der Waals surface area contributed by atoms with Crippen molar-refractivity contribution < 1.29 is 58.6 Å². The number of anilines is 1. The lowest BCUT2D eigenvalue weighted by Gasteiger charge is -2.40. The lowest BCUT2D eigenvalue weighted by molar-refractivity contribution is -0.143. The number of rotatable bonds is 10. The molecule has 3 aromatic carbocycles.